The number of nitrogens with one attached hydrogen (secondary N) is 2. The van der Waals surface area contributed by atoms with E-state index in [0.29, 0.717) is 13.0 Å². The Morgan fingerprint density at radius 2 is 1.91 bits per heavy atom. The number of aliphatic imine (C=N–C) groups is 1. The van der Waals surface area contributed by atoms with E-state index in [1.165, 1.54) is 4.90 Å². The molecule has 1 aromatic carbocycles. The molecule has 0 fully saturated rings. The van der Waals surface area contributed by atoms with E-state index in [2.05, 4.69) is 27.8 Å². The first-order chi connectivity index (χ1) is 10.6. The zero-order valence-corrected chi connectivity index (χ0v) is 17.2. The molecule has 1 rings (SSSR count). The lowest BCUT2D eigenvalue weighted by Crippen LogP contribution is -2.38. The summed E-state index contributed by atoms with van der Waals surface area (Å²) in [4.78, 5) is 18.8. The quantitative estimate of drug-likeness (QED) is 0.210. The van der Waals surface area contributed by atoms with Gasteiger partial charge in [0.05, 0.1) is 6.54 Å². The van der Waals surface area contributed by atoms with E-state index >= 15 is 0 Å². The fourth-order valence-electron chi connectivity index (χ4n) is 1.68. The van der Waals surface area contributed by atoms with Gasteiger partial charge in [0, 0.05) is 44.3 Å². The zero-order chi connectivity index (χ0) is 16.2. The number of hydrogen-bond donors (Lipinski definition) is 2. The fraction of sp³-hybridized carbons (Fsp3) is 0.500. The highest BCUT2D eigenvalue weighted by Crippen LogP contribution is 2.15. The summed E-state index contributed by atoms with van der Waals surface area (Å²) in [7, 11) is 3.52. The van der Waals surface area contributed by atoms with E-state index in [0.717, 1.165) is 24.8 Å². The molecule has 0 atom stereocenters. The van der Waals surface area contributed by atoms with Gasteiger partial charge in [-0.15, -0.1) is 35.7 Å². The molecule has 0 aliphatic heterocycles. The Labute approximate surface area is 160 Å². The second-order valence-corrected chi connectivity index (χ2v) is 6.06. The molecular formula is C16H27IN4OS. The molecule has 0 aliphatic rings. The molecule has 1 aromatic rings. The molecular weight excluding hydrogens is 423 g/mol. The first-order valence-electron chi connectivity index (χ1n) is 7.53. The smallest absolute Gasteiger partial charge is 0.223 e. The number of carbonyl (C=O) groups is 1. The van der Waals surface area contributed by atoms with E-state index in [1.54, 1.807) is 19.0 Å². The van der Waals surface area contributed by atoms with Crippen LogP contribution in [0.4, 0.5) is 0 Å². The van der Waals surface area contributed by atoms with Crippen molar-refractivity contribution in [2.45, 2.75) is 18.2 Å². The van der Waals surface area contributed by atoms with Gasteiger partial charge in [0.1, 0.15) is 0 Å². The maximum atomic E-state index is 11.5. The molecule has 0 aliphatic carbocycles. The molecule has 0 spiro atoms. The number of guanidine groups is 1. The molecule has 0 saturated heterocycles. The third-order valence-corrected chi connectivity index (χ3v) is 3.86. The van der Waals surface area contributed by atoms with Crippen molar-refractivity contribution in [3.05, 3.63) is 30.3 Å². The number of amides is 1. The number of thioether (sulfide) groups is 1. The molecule has 1 amide bonds. The van der Waals surface area contributed by atoms with Crippen LogP contribution in [-0.4, -0.2) is 56.2 Å². The molecule has 7 heteroatoms. The minimum absolute atomic E-state index is 0. The van der Waals surface area contributed by atoms with Gasteiger partial charge in [0.15, 0.2) is 5.96 Å². The van der Waals surface area contributed by atoms with E-state index in [4.69, 9.17) is 0 Å². The van der Waals surface area contributed by atoms with Gasteiger partial charge in [-0.1, -0.05) is 18.2 Å². The normalized spacial score (nSPS) is 10.7. The van der Waals surface area contributed by atoms with Crippen molar-refractivity contribution in [1.82, 2.24) is 15.5 Å². The van der Waals surface area contributed by atoms with Crippen molar-refractivity contribution in [2.75, 3.05) is 39.5 Å². The van der Waals surface area contributed by atoms with Crippen molar-refractivity contribution in [3.8, 4) is 0 Å². The Hall–Kier alpha value is -0.960. The first-order valence-corrected chi connectivity index (χ1v) is 8.52. The van der Waals surface area contributed by atoms with Gasteiger partial charge in [0.2, 0.25) is 5.91 Å². The van der Waals surface area contributed by atoms with Gasteiger partial charge in [-0.3, -0.25) is 9.79 Å². The van der Waals surface area contributed by atoms with Crippen molar-refractivity contribution in [1.29, 1.82) is 0 Å². The number of nitrogens with zero attached hydrogens (tertiary/aromatic N) is 2. The summed E-state index contributed by atoms with van der Waals surface area (Å²) >= 11 is 1.81. The molecule has 2 N–H and O–H groups in total. The third kappa shape index (κ3) is 10.4. The molecule has 130 valence electrons. The van der Waals surface area contributed by atoms with Crippen LogP contribution in [0, 0.1) is 0 Å². The minimum atomic E-state index is 0. The van der Waals surface area contributed by atoms with Crippen molar-refractivity contribution in [2.24, 2.45) is 4.99 Å². The number of benzene rings is 1. The second-order valence-electron chi connectivity index (χ2n) is 4.89. The molecule has 0 radical (unpaired) electrons. The lowest BCUT2D eigenvalue weighted by Gasteiger charge is -2.12. The van der Waals surface area contributed by atoms with E-state index in [1.807, 2.05) is 36.9 Å². The van der Waals surface area contributed by atoms with E-state index < -0.39 is 0 Å². The first kappa shape index (κ1) is 22.0. The predicted octanol–water partition coefficient (Wildman–Crippen LogP) is 2.43. The van der Waals surface area contributed by atoms with Gasteiger partial charge in [-0.25, -0.2) is 0 Å². The average molecular weight is 450 g/mol. The van der Waals surface area contributed by atoms with Crippen molar-refractivity contribution < 1.29 is 4.79 Å². The van der Waals surface area contributed by atoms with E-state index in [-0.39, 0.29) is 29.9 Å². The number of carbonyl (C=O) groups excluding carboxylic acids is 1. The highest BCUT2D eigenvalue weighted by Gasteiger charge is 2.03. The van der Waals surface area contributed by atoms with Gasteiger partial charge < -0.3 is 15.5 Å². The monoisotopic (exact) mass is 450 g/mol. The highest BCUT2D eigenvalue weighted by molar-refractivity contribution is 14.0. The summed E-state index contributed by atoms with van der Waals surface area (Å²) in [5.41, 5.74) is 0. The highest BCUT2D eigenvalue weighted by atomic mass is 127. The average Bonchev–Trinajstić information content (AvgIpc) is 2.52. The largest absolute Gasteiger partial charge is 0.357 e. The van der Waals surface area contributed by atoms with Crippen LogP contribution in [0.5, 0.6) is 0 Å². The van der Waals surface area contributed by atoms with Crippen molar-refractivity contribution >= 4 is 47.6 Å². The lowest BCUT2D eigenvalue weighted by molar-refractivity contribution is -0.128. The maximum Gasteiger partial charge on any atom is 0.223 e. The summed E-state index contributed by atoms with van der Waals surface area (Å²) in [6.45, 7) is 4.16. The molecule has 23 heavy (non-hydrogen) atoms. The van der Waals surface area contributed by atoms with E-state index in [9.17, 15) is 4.79 Å². The number of halogens is 1. The maximum absolute atomic E-state index is 11.5. The summed E-state index contributed by atoms with van der Waals surface area (Å²) in [6, 6.07) is 10.3. The molecule has 0 bridgehead atoms. The zero-order valence-electron chi connectivity index (χ0n) is 14.0. The van der Waals surface area contributed by atoms with Gasteiger partial charge >= 0.3 is 0 Å². The molecule has 0 unspecified atom stereocenters. The summed E-state index contributed by atoms with van der Waals surface area (Å²) < 4.78 is 0. The van der Waals surface area contributed by atoms with Crippen LogP contribution < -0.4 is 10.6 Å². The third-order valence-electron chi connectivity index (χ3n) is 2.85. The second kappa shape index (κ2) is 13.5. The van der Waals surface area contributed by atoms with Gasteiger partial charge in [-0.2, -0.15) is 0 Å². The SMILES string of the molecule is CCNC(=NCCC(=O)N(C)C)NCCSc1ccccc1.I. The van der Waals surface area contributed by atoms with Crippen LogP contribution >= 0.6 is 35.7 Å². The molecule has 0 saturated carbocycles. The standard InChI is InChI=1S/C16H26N4OS.HI/c1-4-17-16(18-11-10-15(21)20(2)3)19-12-13-22-14-8-6-5-7-9-14;/h5-9H,4,10-13H2,1-3H3,(H2,17,18,19);1H. The van der Waals surface area contributed by atoms with Crippen LogP contribution in [0.25, 0.3) is 0 Å². The predicted molar refractivity (Wildman–Crippen MR) is 110 cm³/mol. The van der Waals surface area contributed by atoms with Crippen LogP contribution in [-0.2, 0) is 4.79 Å². The number of rotatable bonds is 8. The molecule has 0 aromatic heterocycles. The molecule has 0 heterocycles. The van der Waals surface area contributed by atoms with Gasteiger partial charge in [-0.05, 0) is 19.1 Å². The topological polar surface area (TPSA) is 56.7 Å². The molecule has 5 nitrogen and oxygen atoms in total. The Balaban J connectivity index is 0.00000484. The summed E-state index contributed by atoms with van der Waals surface area (Å²) in [5, 5.41) is 6.48. The Morgan fingerprint density at radius 3 is 2.52 bits per heavy atom. The van der Waals surface area contributed by atoms with Crippen molar-refractivity contribution in [3.63, 3.8) is 0 Å². The van der Waals surface area contributed by atoms with Gasteiger partial charge in [0.25, 0.3) is 0 Å². The van der Waals surface area contributed by atoms with Crippen LogP contribution in [0.3, 0.4) is 0 Å². The Bertz CT molecular complexity index is 468. The summed E-state index contributed by atoms with van der Waals surface area (Å²) in [5.74, 6) is 1.83. The number of hydrogen-bond acceptors (Lipinski definition) is 3. The summed E-state index contributed by atoms with van der Waals surface area (Å²) in [6.07, 6.45) is 0.433. The Kier molecular flexibility index (Phi) is 12.9. The Morgan fingerprint density at radius 1 is 1.22 bits per heavy atom. The lowest BCUT2D eigenvalue weighted by atomic mass is 10.4. The van der Waals surface area contributed by atoms with Crippen LogP contribution in [0.1, 0.15) is 13.3 Å². The minimum Gasteiger partial charge on any atom is -0.357 e. The van der Waals surface area contributed by atoms with Crippen LogP contribution in [0.2, 0.25) is 0 Å². The fourth-order valence-corrected chi connectivity index (χ4v) is 2.47. The van der Waals surface area contributed by atoms with Crippen LogP contribution in [0.15, 0.2) is 40.2 Å².